The number of halogens is 2. The molecule has 0 amide bonds. The average Bonchev–Trinajstić information content (AvgIpc) is 3.66. The molecule has 212 valence electrons. The van der Waals surface area contributed by atoms with Crippen LogP contribution < -0.4 is 30.0 Å². The van der Waals surface area contributed by atoms with Gasteiger partial charge in [-0.25, -0.2) is 0 Å². The summed E-state index contributed by atoms with van der Waals surface area (Å²) in [5.74, 6) is 0. The van der Waals surface area contributed by atoms with E-state index in [4.69, 9.17) is 0 Å². The van der Waals surface area contributed by atoms with Gasteiger partial charge in [-0.3, -0.25) is 0 Å². The van der Waals surface area contributed by atoms with Crippen molar-refractivity contribution in [3.63, 3.8) is 0 Å². The van der Waals surface area contributed by atoms with E-state index in [0.717, 1.165) is 12.8 Å². The van der Waals surface area contributed by atoms with Crippen LogP contribution >= 0.6 is 0 Å². The van der Waals surface area contributed by atoms with Gasteiger partial charge in [-0.15, -0.1) is 56.9 Å². The molecule has 0 fully saturated rings. The van der Waals surface area contributed by atoms with E-state index in [1.54, 1.807) is 28.5 Å². The Balaban J connectivity index is 0.000000173. The molecule has 0 saturated heterocycles. The molecule has 4 heteroatoms. The van der Waals surface area contributed by atoms with Crippen molar-refractivity contribution in [2.45, 2.75) is 39.7 Å². The van der Waals surface area contributed by atoms with E-state index in [1.807, 2.05) is 0 Å². The Kier molecular flexibility index (Phi) is 13.3. The van der Waals surface area contributed by atoms with Crippen LogP contribution in [0.3, 0.4) is 0 Å². The van der Waals surface area contributed by atoms with E-state index in [1.165, 1.54) is 60.3 Å². The molecule has 0 heterocycles. The number of aryl methyl sites for hydroxylation is 2. The summed E-state index contributed by atoms with van der Waals surface area (Å²) in [4.78, 5) is 0. The summed E-state index contributed by atoms with van der Waals surface area (Å²) < 4.78 is 0. The van der Waals surface area contributed by atoms with Gasteiger partial charge in [0, 0.05) is 0 Å². The number of fused-ring (bicyclic) bond motifs is 6. The molecule has 42 heavy (non-hydrogen) atoms. The normalized spacial score (nSPS) is 10.3. The maximum Gasteiger partial charge on any atom is -0.0487 e. The second-order valence-electron chi connectivity index (χ2n) is 10.2. The van der Waals surface area contributed by atoms with Gasteiger partial charge in [0.25, 0.3) is 0 Å². The van der Waals surface area contributed by atoms with Crippen molar-refractivity contribution in [2.24, 2.45) is 0 Å². The SMILES string of the molecule is CC[Si](=[Zr+2])c1ccccc1.CCc1cc2ccc3ccccc3c2[cH-]1.CCc1cc2ccc3ccccc3c2[cH-]1.[Cl-].[Cl-]. The van der Waals surface area contributed by atoms with Gasteiger partial charge in [0.05, 0.1) is 0 Å². The van der Waals surface area contributed by atoms with Crippen molar-refractivity contribution < 1.29 is 48.1 Å². The Morgan fingerprint density at radius 3 is 1.36 bits per heavy atom. The zero-order chi connectivity index (χ0) is 27.9. The molecular weight excluding hydrogens is 647 g/mol. The molecule has 0 radical (unpaired) electrons. The molecule has 0 aliphatic carbocycles. The summed E-state index contributed by atoms with van der Waals surface area (Å²) in [7, 11) is 0. The van der Waals surface area contributed by atoms with Crippen molar-refractivity contribution in [1.29, 1.82) is 0 Å². The molecular formula is C38H36Cl2SiZr-2. The van der Waals surface area contributed by atoms with Crippen LogP contribution in [0.25, 0.3) is 43.1 Å². The van der Waals surface area contributed by atoms with Crippen molar-refractivity contribution in [1.82, 2.24) is 0 Å². The fourth-order valence-corrected chi connectivity index (χ4v) is 7.54. The van der Waals surface area contributed by atoms with Crippen molar-refractivity contribution in [2.75, 3.05) is 0 Å². The fraction of sp³-hybridized carbons (Fsp3) is 0.158. The van der Waals surface area contributed by atoms with E-state index in [2.05, 4.69) is 148 Å². The molecule has 0 bridgehead atoms. The Labute approximate surface area is 278 Å². The van der Waals surface area contributed by atoms with E-state index < -0.39 is 0 Å². The first-order valence-electron chi connectivity index (χ1n) is 14.4. The molecule has 0 N–H and O–H groups in total. The van der Waals surface area contributed by atoms with Crippen LogP contribution in [0.5, 0.6) is 0 Å². The summed E-state index contributed by atoms with van der Waals surface area (Å²) in [6, 6.07) is 47.5. The van der Waals surface area contributed by atoms with Crippen LogP contribution in [0.2, 0.25) is 6.04 Å². The summed E-state index contributed by atoms with van der Waals surface area (Å²) in [5.41, 5.74) is 2.75. The van der Waals surface area contributed by atoms with Crippen LogP contribution in [-0.4, -0.2) is 5.43 Å². The molecule has 0 nitrogen and oxygen atoms in total. The summed E-state index contributed by atoms with van der Waals surface area (Å²) in [6.45, 7) is 6.70. The monoisotopic (exact) mass is 680 g/mol. The first kappa shape index (κ1) is 34.0. The summed E-state index contributed by atoms with van der Waals surface area (Å²) in [6.07, 6.45) is 2.23. The van der Waals surface area contributed by atoms with Crippen LogP contribution in [0.1, 0.15) is 31.9 Å². The smallest absolute Gasteiger partial charge is 0.0487 e. The van der Waals surface area contributed by atoms with Gasteiger partial charge in [0.15, 0.2) is 0 Å². The molecule has 0 saturated carbocycles. The first-order chi connectivity index (χ1) is 19.6. The third-order valence-corrected chi connectivity index (χ3v) is 14.1. The van der Waals surface area contributed by atoms with E-state index >= 15 is 0 Å². The molecule has 0 atom stereocenters. The summed E-state index contributed by atoms with van der Waals surface area (Å²) in [5, 5.41) is 12.5. The molecule has 7 rings (SSSR count). The van der Waals surface area contributed by atoms with Gasteiger partial charge in [-0.05, 0) is 12.8 Å². The first-order valence-corrected chi connectivity index (χ1v) is 19.8. The number of hydrogen-bond acceptors (Lipinski definition) is 0. The van der Waals surface area contributed by atoms with E-state index in [0.29, 0.717) is 0 Å². The van der Waals surface area contributed by atoms with E-state index in [-0.39, 0.29) is 30.2 Å². The second kappa shape index (κ2) is 16.4. The maximum absolute atomic E-state index is 2.32. The second-order valence-corrected chi connectivity index (χ2v) is 16.9. The van der Waals surface area contributed by atoms with Gasteiger partial charge in [-0.2, -0.15) is 12.1 Å². The minimum Gasteiger partial charge on any atom is -1.00 e. The van der Waals surface area contributed by atoms with Gasteiger partial charge < -0.3 is 24.8 Å². The summed E-state index contributed by atoms with van der Waals surface area (Å²) >= 11 is 1.72. The van der Waals surface area contributed by atoms with Crippen molar-refractivity contribution in [3.8, 4) is 0 Å². The molecule has 7 aromatic rings. The number of benzene rings is 5. The average molecular weight is 683 g/mol. The molecule has 0 aromatic heterocycles. The minimum absolute atomic E-state index is 0. The number of hydrogen-bond donors (Lipinski definition) is 0. The third kappa shape index (κ3) is 7.91. The van der Waals surface area contributed by atoms with Crippen LogP contribution in [0.15, 0.2) is 127 Å². The molecule has 0 aliphatic rings. The maximum atomic E-state index is 2.32. The zero-order valence-electron chi connectivity index (χ0n) is 24.5. The van der Waals surface area contributed by atoms with Gasteiger partial charge in [0.2, 0.25) is 0 Å². The third-order valence-electron chi connectivity index (χ3n) is 7.64. The van der Waals surface area contributed by atoms with Crippen molar-refractivity contribution >= 4 is 53.7 Å². The Bertz CT molecular complexity index is 1770. The predicted octanol–water partition coefficient (Wildman–Crippen LogP) is 4.01. The van der Waals surface area contributed by atoms with Crippen LogP contribution in [0, 0.1) is 0 Å². The Morgan fingerprint density at radius 1 is 0.524 bits per heavy atom. The fourth-order valence-electron chi connectivity index (χ4n) is 5.30. The molecule has 7 aromatic carbocycles. The number of rotatable bonds is 4. The van der Waals surface area contributed by atoms with E-state index in [9.17, 15) is 0 Å². The molecule has 0 unspecified atom stereocenters. The largest absolute Gasteiger partial charge is 1.00 e. The van der Waals surface area contributed by atoms with Gasteiger partial charge in [-0.1, -0.05) is 96.1 Å². The Hall–Kier alpha value is -2.48. The topological polar surface area (TPSA) is 0 Å². The predicted molar refractivity (Wildman–Crippen MR) is 175 cm³/mol. The standard InChI is InChI=1S/2C15H13.C8H10Si.2ClH.Zr/c2*1-2-11-9-13-8-7-12-5-3-4-6-14(12)15(13)10-11;1-2-9-8-6-4-3-5-7-8;;;/h2*3-10H,2H2,1H3;3-7H,2H2,1H3;2*1H;/q2*-1;;;;+2/p-2. The van der Waals surface area contributed by atoms with Crippen LogP contribution in [0.4, 0.5) is 0 Å². The quantitative estimate of drug-likeness (QED) is 0.195. The minimum atomic E-state index is -0.117. The van der Waals surface area contributed by atoms with Gasteiger partial charge >= 0.3 is 77.3 Å². The zero-order valence-corrected chi connectivity index (χ0v) is 29.5. The Morgan fingerprint density at radius 2 is 0.929 bits per heavy atom. The molecule has 0 aliphatic heterocycles. The van der Waals surface area contributed by atoms with Gasteiger partial charge in [0.1, 0.15) is 0 Å². The van der Waals surface area contributed by atoms with Crippen molar-refractivity contribution in [3.05, 3.63) is 139 Å². The molecule has 0 spiro atoms. The van der Waals surface area contributed by atoms with Crippen LogP contribution in [-0.2, 0) is 36.2 Å².